The molecule has 9 heteroatoms. The van der Waals surface area contributed by atoms with Gasteiger partial charge in [0.15, 0.2) is 0 Å². The molecule has 0 aliphatic carbocycles. The molecule has 2 rings (SSSR count). The molecule has 0 bridgehead atoms. The Morgan fingerprint density at radius 3 is 2.60 bits per heavy atom. The normalized spacial score (nSPS) is 11.4. The molecule has 0 aliphatic heterocycles. The van der Waals surface area contributed by atoms with Crippen molar-refractivity contribution in [1.82, 2.24) is 4.98 Å². The Kier molecular flexibility index (Phi) is 4.53. The molecule has 0 atom stereocenters. The van der Waals surface area contributed by atoms with E-state index in [1.165, 1.54) is 18.3 Å². The van der Waals surface area contributed by atoms with Gasteiger partial charge in [0.2, 0.25) is 0 Å². The predicted molar refractivity (Wildman–Crippen MR) is 79.2 cm³/mol. The highest BCUT2D eigenvalue weighted by Gasteiger charge is 2.19. The second-order valence-electron chi connectivity index (χ2n) is 3.68. The van der Waals surface area contributed by atoms with Gasteiger partial charge < -0.3 is 0 Å². The predicted octanol–water partition coefficient (Wildman–Crippen LogP) is 4.09. The maximum absolute atomic E-state index is 13.1. The Labute approximate surface area is 133 Å². The minimum Gasteiger partial charge on any atom is -0.278 e. The lowest BCUT2D eigenvalue weighted by atomic mass is 10.3. The number of hydrogen-bond donors (Lipinski definition) is 1. The molecule has 0 saturated heterocycles. The van der Waals surface area contributed by atoms with E-state index in [9.17, 15) is 12.8 Å². The van der Waals surface area contributed by atoms with Crippen LogP contribution in [0.25, 0.3) is 0 Å². The molecule has 0 radical (unpaired) electrons. The average molecular weight is 400 g/mol. The van der Waals surface area contributed by atoms with Gasteiger partial charge in [-0.3, -0.25) is 4.72 Å². The van der Waals surface area contributed by atoms with Crippen molar-refractivity contribution < 1.29 is 12.8 Å². The smallest absolute Gasteiger partial charge is 0.263 e. The zero-order chi connectivity index (χ0) is 14.9. The van der Waals surface area contributed by atoms with Crippen LogP contribution in [0.2, 0.25) is 10.2 Å². The second-order valence-corrected chi connectivity index (χ2v) is 6.95. The number of pyridine rings is 1. The molecule has 0 amide bonds. The third-order valence-electron chi connectivity index (χ3n) is 2.23. The number of benzene rings is 1. The van der Waals surface area contributed by atoms with Gasteiger partial charge in [0.25, 0.3) is 10.0 Å². The maximum Gasteiger partial charge on any atom is 0.263 e. The Morgan fingerprint density at radius 1 is 1.25 bits per heavy atom. The van der Waals surface area contributed by atoms with Gasteiger partial charge in [-0.2, -0.15) is 0 Å². The lowest BCUT2D eigenvalue weighted by Gasteiger charge is -2.09. The molecule has 20 heavy (non-hydrogen) atoms. The largest absolute Gasteiger partial charge is 0.278 e. The molecule has 2 aromatic rings. The number of anilines is 1. The van der Waals surface area contributed by atoms with Crippen molar-refractivity contribution in [2.45, 2.75) is 4.90 Å². The van der Waals surface area contributed by atoms with Crippen LogP contribution in [0.5, 0.6) is 0 Å². The van der Waals surface area contributed by atoms with E-state index in [2.05, 4.69) is 25.6 Å². The summed E-state index contributed by atoms with van der Waals surface area (Å²) in [5.74, 6) is -0.704. The molecule has 0 unspecified atom stereocenters. The SMILES string of the molecule is O=S(=O)(Nc1cnc(Cl)c(Br)c1)c1cc(F)ccc1Cl. The van der Waals surface area contributed by atoms with Crippen LogP contribution >= 0.6 is 39.1 Å². The zero-order valence-electron chi connectivity index (χ0n) is 9.57. The van der Waals surface area contributed by atoms with Crippen LogP contribution in [0.3, 0.4) is 0 Å². The van der Waals surface area contributed by atoms with Crippen molar-refractivity contribution >= 4 is 54.8 Å². The summed E-state index contributed by atoms with van der Waals surface area (Å²) >= 11 is 14.6. The van der Waals surface area contributed by atoms with Crippen LogP contribution in [0, 0.1) is 5.82 Å². The molecular formula is C11H6BrCl2FN2O2S. The summed E-state index contributed by atoms with van der Waals surface area (Å²) in [4.78, 5) is 3.42. The third-order valence-corrected chi connectivity index (χ3v) is 5.23. The quantitative estimate of drug-likeness (QED) is 0.790. The Balaban J connectivity index is 2.40. The minimum absolute atomic E-state index is 0.0834. The molecule has 0 aliphatic rings. The van der Waals surface area contributed by atoms with Crippen molar-refractivity contribution in [1.29, 1.82) is 0 Å². The summed E-state index contributed by atoms with van der Waals surface area (Å²) in [5.41, 5.74) is 0.168. The number of hydrogen-bond acceptors (Lipinski definition) is 3. The van der Waals surface area contributed by atoms with Crippen molar-refractivity contribution in [3.63, 3.8) is 0 Å². The molecule has 1 heterocycles. The minimum atomic E-state index is -4.02. The summed E-state index contributed by atoms with van der Waals surface area (Å²) in [7, 11) is -4.02. The molecule has 106 valence electrons. The fraction of sp³-hybridized carbons (Fsp3) is 0. The van der Waals surface area contributed by atoms with Crippen LogP contribution in [-0.2, 0) is 10.0 Å². The summed E-state index contributed by atoms with van der Waals surface area (Å²) < 4.78 is 40.1. The fourth-order valence-corrected chi connectivity index (χ4v) is 3.37. The van der Waals surface area contributed by atoms with Crippen molar-refractivity contribution in [3.05, 3.63) is 50.9 Å². The van der Waals surface area contributed by atoms with E-state index in [1.54, 1.807) is 0 Å². The van der Waals surface area contributed by atoms with Gasteiger partial charge in [0, 0.05) is 0 Å². The number of rotatable bonds is 3. The first-order chi connectivity index (χ1) is 9.29. The molecule has 1 aromatic carbocycles. The lowest BCUT2D eigenvalue weighted by molar-refractivity contribution is 0.595. The van der Waals surface area contributed by atoms with E-state index < -0.39 is 15.8 Å². The molecular weight excluding hydrogens is 394 g/mol. The summed E-state index contributed by atoms with van der Waals surface area (Å²) in [6, 6.07) is 4.51. The number of nitrogens with zero attached hydrogens (tertiary/aromatic N) is 1. The lowest BCUT2D eigenvalue weighted by Crippen LogP contribution is -2.14. The maximum atomic E-state index is 13.1. The molecule has 4 nitrogen and oxygen atoms in total. The van der Waals surface area contributed by atoms with Crippen LogP contribution in [0.1, 0.15) is 0 Å². The number of halogens is 4. The van der Waals surface area contributed by atoms with Gasteiger partial charge in [0.05, 0.1) is 21.4 Å². The Morgan fingerprint density at radius 2 is 1.95 bits per heavy atom. The van der Waals surface area contributed by atoms with Gasteiger partial charge >= 0.3 is 0 Å². The number of sulfonamides is 1. The highest BCUT2D eigenvalue weighted by Crippen LogP contribution is 2.27. The van der Waals surface area contributed by atoms with E-state index >= 15 is 0 Å². The topological polar surface area (TPSA) is 59.1 Å². The van der Waals surface area contributed by atoms with E-state index in [0.29, 0.717) is 4.47 Å². The summed E-state index contributed by atoms with van der Waals surface area (Å²) in [6.45, 7) is 0. The fourth-order valence-electron chi connectivity index (χ4n) is 1.37. The van der Waals surface area contributed by atoms with E-state index in [4.69, 9.17) is 23.2 Å². The Bertz CT molecular complexity index is 771. The Hall–Kier alpha value is -0.890. The third kappa shape index (κ3) is 3.41. The molecule has 0 saturated carbocycles. The number of nitrogens with one attached hydrogen (secondary N) is 1. The van der Waals surface area contributed by atoms with Gasteiger partial charge in [-0.25, -0.2) is 17.8 Å². The van der Waals surface area contributed by atoms with E-state index in [-0.39, 0.29) is 20.8 Å². The highest BCUT2D eigenvalue weighted by molar-refractivity contribution is 9.10. The molecule has 0 fully saturated rings. The van der Waals surface area contributed by atoms with Crippen LogP contribution < -0.4 is 4.72 Å². The standard InChI is InChI=1S/C11H6BrCl2FN2O2S/c12-8-4-7(5-16-11(8)14)17-20(18,19)10-3-6(15)1-2-9(10)13/h1-5,17H. The first-order valence-electron chi connectivity index (χ1n) is 5.08. The van der Waals surface area contributed by atoms with Gasteiger partial charge in [-0.05, 0) is 40.2 Å². The molecule has 1 N–H and O–H groups in total. The van der Waals surface area contributed by atoms with E-state index in [0.717, 1.165) is 12.1 Å². The van der Waals surface area contributed by atoms with Crippen molar-refractivity contribution in [2.24, 2.45) is 0 Å². The second kappa shape index (κ2) is 5.85. The highest BCUT2D eigenvalue weighted by atomic mass is 79.9. The van der Waals surface area contributed by atoms with Gasteiger partial charge in [-0.15, -0.1) is 0 Å². The monoisotopic (exact) mass is 398 g/mol. The molecule has 1 aromatic heterocycles. The van der Waals surface area contributed by atoms with Crippen molar-refractivity contribution in [3.8, 4) is 0 Å². The summed E-state index contributed by atoms with van der Waals surface area (Å²) in [5, 5.41) is 0.108. The number of aromatic nitrogens is 1. The van der Waals surface area contributed by atoms with E-state index in [1.807, 2.05) is 0 Å². The molecule has 0 spiro atoms. The van der Waals surface area contributed by atoms with Crippen molar-refractivity contribution in [2.75, 3.05) is 4.72 Å². The summed E-state index contributed by atoms with van der Waals surface area (Å²) in [6.07, 6.45) is 1.23. The average Bonchev–Trinajstić information content (AvgIpc) is 2.36. The van der Waals surface area contributed by atoms with Crippen LogP contribution in [-0.4, -0.2) is 13.4 Å². The van der Waals surface area contributed by atoms with Crippen LogP contribution in [0.4, 0.5) is 10.1 Å². The van der Waals surface area contributed by atoms with Crippen LogP contribution in [0.15, 0.2) is 39.8 Å². The van der Waals surface area contributed by atoms with Gasteiger partial charge in [-0.1, -0.05) is 23.2 Å². The first-order valence-corrected chi connectivity index (χ1v) is 8.12. The zero-order valence-corrected chi connectivity index (χ0v) is 13.5. The van der Waals surface area contributed by atoms with Gasteiger partial charge in [0.1, 0.15) is 15.9 Å². The first kappa shape index (κ1) is 15.5.